The fourth-order valence-corrected chi connectivity index (χ4v) is 4.36. The SMILES string of the molecule is S=PCC(c1ccccc1)(c1ccccc1)c1ccccc1. The monoisotopic (exact) mass is 320 g/mol. The summed E-state index contributed by atoms with van der Waals surface area (Å²) in [6, 6.07) is 32.1. The molecule has 0 saturated heterocycles. The molecule has 0 heterocycles. The Labute approximate surface area is 138 Å². The van der Waals surface area contributed by atoms with Crippen molar-refractivity contribution in [3.05, 3.63) is 108 Å². The van der Waals surface area contributed by atoms with Crippen LogP contribution in [0.2, 0.25) is 0 Å². The maximum Gasteiger partial charge on any atom is 0.0534 e. The highest BCUT2D eigenvalue weighted by atomic mass is 32.4. The zero-order chi connectivity index (χ0) is 15.3. The van der Waals surface area contributed by atoms with Crippen LogP contribution >= 0.6 is 7.36 Å². The van der Waals surface area contributed by atoms with Crippen molar-refractivity contribution in [3.8, 4) is 0 Å². The highest BCUT2D eigenvalue weighted by Gasteiger charge is 2.35. The largest absolute Gasteiger partial charge is 0.0622 e. The molecular formula is C20H17PS. The van der Waals surface area contributed by atoms with Crippen LogP contribution in [0.5, 0.6) is 0 Å². The van der Waals surface area contributed by atoms with Crippen LogP contribution in [0.1, 0.15) is 16.7 Å². The Morgan fingerprint density at radius 3 is 1.18 bits per heavy atom. The van der Waals surface area contributed by atoms with Gasteiger partial charge in [0.05, 0.1) is 5.41 Å². The molecule has 0 spiro atoms. The maximum absolute atomic E-state index is 5.37. The first-order valence-corrected chi connectivity index (χ1v) is 9.43. The molecular weight excluding hydrogens is 303 g/mol. The number of hydrogen-bond donors (Lipinski definition) is 0. The lowest BCUT2D eigenvalue weighted by atomic mass is 9.71. The molecule has 22 heavy (non-hydrogen) atoms. The first-order chi connectivity index (χ1) is 10.9. The summed E-state index contributed by atoms with van der Waals surface area (Å²) < 4.78 is 0. The topological polar surface area (TPSA) is 0 Å². The van der Waals surface area contributed by atoms with Crippen LogP contribution < -0.4 is 0 Å². The molecule has 3 rings (SSSR count). The molecule has 0 aliphatic rings. The van der Waals surface area contributed by atoms with Gasteiger partial charge in [-0.25, -0.2) is 0 Å². The molecule has 0 amide bonds. The van der Waals surface area contributed by atoms with E-state index in [0.717, 1.165) is 13.5 Å². The van der Waals surface area contributed by atoms with Gasteiger partial charge in [-0.1, -0.05) is 103 Å². The Morgan fingerprint density at radius 1 is 0.591 bits per heavy atom. The second kappa shape index (κ2) is 6.96. The van der Waals surface area contributed by atoms with Gasteiger partial charge in [0.2, 0.25) is 0 Å². The third-order valence-corrected chi connectivity index (χ3v) is 5.09. The van der Waals surface area contributed by atoms with E-state index in [9.17, 15) is 0 Å². The van der Waals surface area contributed by atoms with E-state index in [1.165, 1.54) is 16.7 Å². The van der Waals surface area contributed by atoms with Gasteiger partial charge in [-0.2, -0.15) is 0 Å². The van der Waals surface area contributed by atoms with Crippen LogP contribution in [-0.2, 0) is 17.2 Å². The maximum atomic E-state index is 5.37. The zero-order valence-electron chi connectivity index (χ0n) is 12.2. The molecule has 0 saturated carbocycles. The van der Waals surface area contributed by atoms with E-state index >= 15 is 0 Å². The van der Waals surface area contributed by atoms with Crippen molar-refractivity contribution in [2.24, 2.45) is 0 Å². The molecule has 108 valence electrons. The molecule has 0 aliphatic heterocycles. The van der Waals surface area contributed by atoms with E-state index in [-0.39, 0.29) is 5.41 Å². The lowest BCUT2D eigenvalue weighted by Crippen LogP contribution is -2.31. The Balaban J connectivity index is 2.31. The molecule has 0 aliphatic carbocycles. The van der Waals surface area contributed by atoms with E-state index in [4.69, 9.17) is 11.8 Å². The third-order valence-electron chi connectivity index (χ3n) is 4.10. The first-order valence-electron chi connectivity index (χ1n) is 7.33. The van der Waals surface area contributed by atoms with Crippen LogP contribution in [0.25, 0.3) is 0 Å². The molecule has 3 aromatic carbocycles. The standard InChI is InChI=1S/C20H17PS/c22-21-16-20(17-10-4-1-5-11-17,18-12-6-2-7-13-18)19-14-8-3-9-15-19/h1-15H,16H2. The van der Waals surface area contributed by atoms with E-state index in [1.807, 2.05) is 0 Å². The fourth-order valence-electron chi connectivity index (χ4n) is 3.04. The molecule has 0 bridgehead atoms. The summed E-state index contributed by atoms with van der Waals surface area (Å²) >= 11 is 5.37. The van der Waals surface area contributed by atoms with Gasteiger partial charge in [-0.15, -0.1) is 0 Å². The Hall–Kier alpha value is -1.82. The molecule has 2 heteroatoms. The van der Waals surface area contributed by atoms with Gasteiger partial charge in [-0.05, 0) is 24.0 Å². The van der Waals surface area contributed by atoms with Gasteiger partial charge in [0, 0.05) is 6.16 Å². The van der Waals surface area contributed by atoms with Crippen molar-refractivity contribution < 1.29 is 0 Å². The van der Waals surface area contributed by atoms with Crippen LogP contribution in [-0.4, -0.2) is 6.16 Å². The number of rotatable bonds is 5. The smallest absolute Gasteiger partial charge is 0.0534 e. The Bertz CT molecular complexity index is 627. The summed E-state index contributed by atoms with van der Waals surface area (Å²) in [5, 5.41) is 0. The zero-order valence-corrected chi connectivity index (χ0v) is 13.9. The lowest BCUT2D eigenvalue weighted by molar-refractivity contribution is 0.705. The molecule has 0 nitrogen and oxygen atoms in total. The lowest BCUT2D eigenvalue weighted by Gasteiger charge is -2.34. The summed E-state index contributed by atoms with van der Waals surface area (Å²) in [4.78, 5) is 0. The summed E-state index contributed by atoms with van der Waals surface area (Å²) in [5.41, 5.74) is 3.70. The number of hydrogen-bond acceptors (Lipinski definition) is 1. The minimum absolute atomic E-state index is 0.187. The molecule has 0 unspecified atom stereocenters. The van der Waals surface area contributed by atoms with Crippen molar-refractivity contribution in [1.29, 1.82) is 0 Å². The Kier molecular flexibility index (Phi) is 4.77. The highest BCUT2D eigenvalue weighted by molar-refractivity contribution is 7.96. The fraction of sp³-hybridized carbons (Fsp3) is 0.100. The predicted molar refractivity (Wildman–Crippen MR) is 98.4 cm³/mol. The van der Waals surface area contributed by atoms with Crippen molar-refractivity contribution >= 4 is 19.2 Å². The molecule has 0 N–H and O–H groups in total. The van der Waals surface area contributed by atoms with Gasteiger partial charge < -0.3 is 0 Å². The van der Waals surface area contributed by atoms with Crippen molar-refractivity contribution in [3.63, 3.8) is 0 Å². The molecule has 3 aromatic rings. The van der Waals surface area contributed by atoms with E-state index in [2.05, 4.69) is 91.0 Å². The van der Waals surface area contributed by atoms with Crippen molar-refractivity contribution in [1.82, 2.24) is 0 Å². The molecule has 0 atom stereocenters. The van der Waals surface area contributed by atoms with Crippen LogP contribution in [0.15, 0.2) is 91.0 Å². The van der Waals surface area contributed by atoms with Gasteiger partial charge in [0.15, 0.2) is 0 Å². The average Bonchev–Trinajstić information content (AvgIpc) is 2.62. The summed E-state index contributed by atoms with van der Waals surface area (Å²) in [6.07, 6.45) is 0.889. The predicted octanol–water partition coefficient (Wildman–Crippen LogP) is 5.43. The van der Waals surface area contributed by atoms with Crippen LogP contribution in [0.4, 0.5) is 0 Å². The molecule has 0 fully saturated rings. The van der Waals surface area contributed by atoms with Gasteiger partial charge in [-0.3, -0.25) is 0 Å². The van der Waals surface area contributed by atoms with Crippen molar-refractivity contribution in [2.45, 2.75) is 5.41 Å². The van der Waals surface area contributed by atoms with E-state index in [0.29, 0.717) is 0 Å². The normalized spacial score (nSPS) is 11.5. The third kappa shape index (κ3) is 2.75. The second-order valence-corrected chi connectivity index (χ2v) is 6.64. The highest BCUT2D eigenvalue weighted by Crippen LogP contribution is 2.41. The molecule has 0 radical (unpaired) electrons. The van der Waals surface area contributed by atoms with E-state index in [1.54, 1.807) is 0 Å². The average molecular weight is 320 g/mol. The van der Waals surface area contributed by atoms with E-state index < -0.39 is 0 Å². The number of benzene rings is 3. The van der Waals surface area contributed by atoms with Crippen LogP contribution in [0.3, 0.4) is 0 Å². The second-order valence-electron chi connectivity index (χ2n) is 5.29. The molecule has 0 aromatic heterocycles. The summed E-state index contributed by atoms with van der Waals surface area (Å²) in [5.74, 6) is 0. The quantitative estimate of drug-likeness (QED) is 0.446. The first kappa shape index (κ1) is 15.1. The van der Waals surface area contributed by atoms with Crippen molar-refractivity contribution in [2.75, 3.05) is 6.16 Å². The minimum atomic E-state index is -0.187. The minimum Gasteiger partial charge on any atom is -0.0622 e. The van der Waals surface area contributed by atoms with Gasteiger partial charge in [0.1, 0.15) is 0 Å². The van der Waals surface area contributed by atoms with Gasteiger partial charge >= 0.3 is 0 Å². The summed E-state index contributed by atoms with van der Waals surface area (Å²) in [7, 11) is 0.973. The van der Waals surface area contributed by atoms with Gasteiger partial charge in [0.25, 0.3) is 0 Å². The Morgan fingerprint density at radius 2 is 0.909 bits per heavy atom. The summed E-state index contributed by atoms with van der Waals surface area (Å²) in [6.45, 7) is 0. The van der Waals surface area contributed by atoms with Crippen LogP contribution in [0, 0.1) is 0 Å².